The van der Waals surface area contributed by atoms with Gasteiger partial charge in [0.25, 0.3) is 0 Å². The zero-order valence-electron chi connectivity index (χ0n) is 27.9. The van der Waals surface area contributed by atoms with Gasteiger partial charge in [0.05, 0.1) is 19.6 Å². The largest absolute Gasteiger partial charge is 0.449 e. The predicted octanol–water partition coefficient (Wildman–Crippen LogP) is 7.33. The van der Waals surface area contributed by atoms with E-state index in [9.17, 15) is 14.4 Å². The number of ether oxygens (including phenoxy) is 3. The summed E-state index contributed by atoms with van der Waals surface area (Å²) in [6.07, 6.45) is -1.26. The lowest BCUT2D eigenvalue weighted by Crippen LogP contribution is -2.53. The lowest BCUT2D eigenvalue weighted by Gasteiger charge is -2.36. The van der Waals surface area contributed by atoms with E-state index in [4.69, 9.17) is 25.8 Å². The zero-order valence-corrected chi connectivity index (χ0v) is 28.6. The minimum absolute atomic E-state index is 0.0560. The second-order valence-electron chi connectivity index (χ2n) is 12.5. The van der Waals surface area contributed by atoms with Gasteiger partial charge in [0.15, 0.2) is 5.60 Å². The van der Waals surface area contributed by atoms with Gasteiger partial charge in [-0.3, -0.25) is 9.59 Å². The molecule has 2 amide bonds. The van der Waals surface area contributed by atoms with E-state index in [1.54, 1.807) is 11.0 Å². The second-order valence-corrected chi connectivity index (χ2v) is 12.9. The Hall–Kier alpha value is -5.44. The lowest BCUT2D eigenvalue weighted by molar-refractivity contribution is -0.156. The molecule has 1 N–H and O–H groups in total. The van der Waals surface area contributed by atoms with Crippen molar-refractivity contribution in [2.45, 2.75) is 24.0 Å². The summed E-state index contributed by atoms with van der Waals surface area (Å²) in [5, 5.41) is 3.11. The van der Waals surface area contributed by atoms with Crippen molar-refractivity contribution >= 4 is 29.6 Å². The number of amides is 2. The molecule has 1 fully saturated rings. The molecule has 1 saturated heterocycles. The van der Waals surface area contributed by atoms with Crippen molar-refractivity contribution in [1.82, 2.24) is 10.2 Å². The van der Waals surface area contributed by atoms with Crippen molar-refractivity contribution < 1.29 is 28.6 Å². The van der Waals surface area contributed by atoms with E-state index < -0.39 is 36.0 Å². The van der Waals surface area contributed by atoms with E-state index in [0.29, 0.717) is 48.0 Å². The van der Waals surface area contributed by atoms with E-state index >= 15 is 0 Å². The average molecular weight is 701 g/mol. The Balaban J connectivity index is 1.16. The van der Waals surface area contributed by atoms with Crippen LogP contribution in [-0.4, -0.2) is 61.8 Å². The van der Waals surface area contributed by atoms with E-state index in [0.717, 1.165) is 22.3 Å². The number of alkyl carbamates (subject to hydrolysis) is 1. The van der Waals surface area contributed by atoms with E-state index in [2.05, 4.69) is 17.4 Å². The Morgan fingerprint density at radius 1 is 0.745 bits per heavy atom. The molecular formula is C42H37ClN2O6. The van der Waals surface area contributed by atoms with Crippen LogP contribution in [0, 0.1) is 0 Å². The predicted molar refractivity (Wildman–Crippen MR) is 194 cm³/mol. The molecule has 5 aromatic rings. The van der Waals surface area contributed by atoms with Crippen LogP contribution < -0.4 is 5.32 Å². The standard InChI is InChI=1S/C42H37ClN2O6/c43-37-22-12-11-21-36(37)42(29-13-3-1-4-14-29,30-15-5-2-6-16-30)51-39(46)27-38(40(47)45-23-25-49-26-24-45)44-41(48)50-28-35-33-19-9-7-17-31(33)32-18-8-10-20-34(32)35/h1-22,35,38H,23-28H2,(H,44,48). The van der Waals surface area contributed by atoms with Gasteiger partial charge in [-0.1, -0.05) is 139 Å². The molecule has 51 heavy (non-hydrogen) atoms. The first-order chi connectivity index (χ1) is 25.0. The Kier molecular flexibility index (Phi) is 10.1. The summed E-state index contributed by atoms with van der Waals surface area (Å²) in [6.45, 7) is 1.42. The second kappa shape index (κ2) is 15.2. The van der Waals surface area contributed by atoms with Crippen LogP contribution >= 0.6 is 11.6 Å². The summed E-state index contributed by atoms with van der Waals surface area (Å²) in [5.41, 5.74) is 4.75. The van der Waals surface area contributed by atoms with Gasteiger partial charge in [0.2, 0.25) is 5.91 Å². The fourth-order valence-corrected chi connectivity index (χ4v) is 7.38. The fourth-order valence-electron chi connectivity index (χ4n) is 7.11. The van der Waals surface area contributed by atoms with Crippen molar-refractivity contribution in [1.29, 1.82) is 0 Å². The molecule has 1 atom stereocenters. The van der Waals surface area contributed by atoms with Gasteiger partial charge in [-0.05, 0) is 28.3 Å². The van der Waals surface area contributed by atoms with E-state index in [1.807, 2.05) is 115 Å². The summed E-state index contributed by atoms with van der Waals surface area (Å²) < 4.78 is 17.8. The molecule has 1 heterocycles. The smallest absolute Gasteiger partial charge is 0.407 e. The van der Waals surface area contributed by atoms with Crippen molar-refractivity contribution in [3.05, 3.63) is 166 Å². The first kappa shape index (κ1) is 34.0. The van der Waals surface area contributed by atoms with Gasteiger partial charge in [-0.15, -0.1) is 0 Å². The summed E-state index contributed by atoms with van der Waals surface area (Å²) in [4.78, 5) is 43.3. The minimum Gasteiger partial charge on any atom is -0.449 e. The molecule has 258 valence electrons. The number of halogens is 1. The Morgan fingerprint density at radius 3 is 1.86 bits per heavy atom. The molecule has 0 saturated carbocycles. The third kappa shape index (κ3) is 6.98. The molecular weight excluding hydrogens is 664 g/mol. The van der Waals surface area contributed by atoms with Crippen LogP contribution in [0.15, 0.2) is 133 Å². The van der Waals surface area contributed by atoms with Crippen molar-refractivity contribution in [3.8, 4) is 11.1 Å². The number of rotatable bonds is 10. The maximum Gasteiger partial charge on any atom is 0.407 e. The van der Waals surface area contributed by atoms with Crippen LogP contribution in [0.3, 0.4) is 0 Å². The van der Waals surface area contributed by atoms with Crippen molar-refractivity contribution in [3.63, 3.8) is 0 Å². The Labute approximate surface area is 301 Å². The number of nitrogens with zero attached hydrogens (tertiary/aromatic N) is 1. The summed E-state index contributed by atoms with van der Waals surface area (Å²) in [7, 11) is 0. The SMILES string of the molecule is O=C(CC(NC(=O)OCC1c2ccccc2-c2ccccc21)C(=O)N1CCOCC1)OC(c1ccccc1)(c1ccccc1)c1ccccc1Cl. The van der Waals surface area contributed by atoms with E-state index in [1.165, 1.54) is 0 Å². The molecule has 5 aromatic carbocycles. The highest BCUT2D eigenvalue weighted by Gasteiger charge is 2.43. The summed E-state index contributed by atoms with van der Waals surface area (Å²) >= 11 is 6.83. The molecule has 8 nitrogen and oxygen atoms in total. The summed E-state index contributed by atoms with van der Waals surface area (Å²) in [5.74, 6) is -1.31. The molecule has 1 aliphatic heterocycles. The van der Waals surface area contributed by atoms with Crippen LogP contribution in [0.5, 0.6) is 0 Å². The zero-order chi connectivity index (χ0) is 35.2. The number of hydrogen-bond donors (Lipinski definition) is 1. The maximum atomic E-state index is 14.3. The highest BCUT2D eigenvalue weighted by Crippen LogP contribution is 2.45. The summed E-state index contributed by atoms with van der Waals surface area (Å²) in [6, 6.07) is 40.7. The van der Waals surface area contributed by atoms with Crippen LogP contribution in [0.25, 0.3) is 11.1 Å². The number of carbonyl (C=O) groups is 3. The van der Waals surface area contributed by atoms with Gasteiger partial charge in [0, 0.05) is 40.7 Å². The third-order valence-corrected chi connectivity index (χ3v) is 9.84. The molecule has 2 aliphatic rings. The molecule has 0 spiro atoms. The highest BCUT2D eigenvalue weighted by atomic mass is 35.5. The molecule has 9 heteroatoms. The van der Waals surface area contributed by atoms with Gasteiger partial charge >= 0.3 is 12.1 Å². The molecule has 7 rings (SSSR count). The number of carbonyl (C=O) groups excluding carboxylic acids is 3. The first-order valence-electron chi connectivity index (χ1n) is 17.0. The van der Waals surface area contributed by atoms with Gasteiger partial charge in [0.1, 0.15) is 12.6 Å². The lowest BCUT2D eigenvalue weighted by atomic mass is 9.80. The fraction of sp³-hybridized carbons (Fsp3) is 0.214. The normalized spacial score (nSPS) is 14.6. The van der Waals surface area contributed by atoms with Gasteiger partial charge in [-0.25, -0.2) is 4.79 Å². The monoisotopic (exact) mass is 700 g/mol. The van der Waals surface area contributed by atoms with Gasteiger partial charge < -0.3 is 24.4 Å². The third-order valence-electron chi connectivity index (χ3n) is 9.51. The number of nitrogens with one attached hydrogen (secondary N) is 1. The van der Waals surface area contributed by atoms with Crippen LogP contribution in [-0.2, 0) is 29.4 Å². The Morgan fingerprint density at radius 2 is 1.27 bits per heavy atom. The average Bonchev–Trinajstić information content (AvgIpc) is 3.50. The number of esters is 1. The maximum absolute atomic E-state index is 14.3. The number of fused-ring (bicyclic) bond motifs is 3. The Bertz CT molecular complexity index is 1930. The topological polar surface area (TPSA) is 94.2 Å². The minimum atomic E-state index is -1.46. The number of morpholine rings is 1. The highest BCUT2D eigenvalue weighted by molar-refractivity contribution is 6.31. The van der Waals surface area contributed by atoms with Crippen molar-refractivity contribution in [2.24, 2.45) is 0 Å². The molecule has 1 aliphatic carbocycles. The first-order valence-corrected chi connectivity index (χ1v) is 17.4. The van der Waals surface area contributed by atoms with Gasteiger partial charge in [-0.2, -0.15) is 0 Å². The number of benzene rings is 5. The quantitative estimate of drug-likeness (QED) is 0.121. The van der Waals surface area contributed by atoms with Crippen LogP contribution in [0.2, 0.25) is 5.02 Å². The molecule has 0 bridgehead atoms. The molecule has 1 unspecified atom stereocenters. The van der Waals surface area contributed by atoms with Crippen LogP contribution in [0.1, 0.15) is 40.2 Å². The molecule has 0 aromatic heterocycles. The van der Waals surface area contributed by atoms with E-state index in [-0.39, 0.29) is 12.5 Å². The van der Waals surface area contributed by atoms with Crippen molar-refractivity contribution in [2.75, 3.05) is 32.9 Å². The number of hydrogen-bond acceptors (Lipinski definition) is 6. The molecule has 0 radical (unpaired) electrons. The van der Waals surface area contributed by atoms with Crippen LogP contribution in [0.4, 0.5) is 4.79 Å².